The van der Waals surface area contributed by atoms with Crippen LogP contribution in [0.4, 0.5) is 11.5 Å². The lowest BCUT2D eigenvalue weighted by atomic mass is 9.86. The molecule has 0 bridgehead atoms. The molecule has 0 aliphatic heterocycles. The van der Waals surface area contributed by atoms with Gasteiger partial charge in [0.05, 0.1) is 11.1 Å². The van der Waals surface area contributed by atoms with E-state index in [0.717, 1.165) is 29.4 Å². The van der Waals surface area contributed by atoms with Crippen molar-refractivity contribution in [3.63, 3.8) is 0 Å². The van der Waals surface area contributed by atoms with E-state index >= 15 is 0 Å². The molecular weight excluding hydrogens is 358 g/mol. The minimum atomic E-state index is -0.00539. The lowest BCUT2D eigenvalue weighted by Gasteiger charge is -2.29. The van der Waals surface area contributed by atoms with Crippen molar-refractivity contribution in [2.24, 2.45) is 5.92 Å². The van der Waals surface area contributed by atoms with Gasteiger partial charge in [-0.3, -0.25) is 4.79 Å². The maximum atomic E-state index is 13.2. The molecule has 2 atom stereocenters. The van der Waals surface area contributed by atoms with Crippen molar-refractivity contribution >= 4 is 28.3 Å². The van der Waals surface area contributed by atoms with Gasteiger partial charge < -0.3 is 10.6 Å². The van der Waals surface area contributed by atoms with Crippen LogP contribution in [0.15, 0.2) is 54.6 Å². The zero-order valence-electron chi connectivity index (χ0n) is 17.2. The van der Waals surface area contributed by atoms with Crippen molar-refractivity contribution in [1.29, 1.82) is 0 Å². The van der Waals surface area contributed by atoms with Gasteiger partial charge in [-0.2, -0.15) is 0 Å². The average molecular weight is 388 g/mol. The van der Waals surface area contributed by atoms with Crippen molar-refractivity contribution in [2.75, 3.05) is 5.32 Å². The highest BCUT2D eigenvalue weighted by atomic mass is 16.1. The number of hydrogen-bond acceptors (Lipinski definition) is 3. The summed E-state index contributed by atoms with van der Waals surface area (Å²) in [5.74, 6) is 1.22. The quantitative estimate of drug-likeness (QED) is 0.577. The van der Waals surface area contributed by atoms with Gasteiger partial charge >= 0.3 is 0 Å². The molecule has 0 spiro atoms. The summed E-state index contributed by atoms with van der Waals surface area (Å²) in [6.45, 7) is 4.38. The Labute approximate surface area is 172 Å². The van der Waals surface area contributed by atoms with E-state index in [1.807, 2.05) is 42.5 Å². The van der Waals surface area contributed by atoms with Gasteiger partial charge in [-0.05, 0) is 48.9 Å². The molecule has 2 aromatic carbocycles. The van der Waals surface area contributed by atoms with Gasteiger partial charge in [-0.1, -0.05) is 63.1 Å². The topological polar surface area (TPSA) is 54.0 Å². The standard InChI is InChI=1S/C25H29N3O/c1-3-18-11-5-8-14-22(18)26-24-16-20(19-12-6-9-15-23(19)27-24)25(29)28-21-13-7-4-10-17(21)2/h5-6,8-9,11-12,14-17,21H,3-4,7,10,13H2,1-2H3,(H,26,27)(H,28,29)/t17-,21+/m0/s1. The Kier molecular flexibility index (Phi) is 5.79. The fourth-order valence-corrected chi connectivity index (χ4v) is 4.29. The average Bonchev–Trinajstić information content (AvgIpc) is 2.75. The van der Waals surface area contributed by atoms with Crippen molar-refractivity contribution in [2.45, 2.75) is 52.0 Å². The van der Waals surface area contributed by atoms with E-state index in [4.69, 9.17) is 4.98 Å². The molecule has 1 fully saturated rings. The van der Waals surface area contributed by atoms with Crippen LogP contribution in [-0.4, -0.2) is 16.9 Å². The molecule has 1 saturated carbocycles. The van der Waals surface area contributed by atoms with Crippen LogP contribution in [0.2, 0.25) is 0 Å². The first-order valence-electron chi connectivity index (χ1n) is 10.7. The number of aryl methyl sites for hydroxylation is 1. The summed E-state index contributed by atoms with van der Waals surface area (Å²) in [5.41, 5.74) is 3.77. The summed E-state index contributed by atoms with van der Waals surface area (Å²) in [6.07, 6.45) is 5.63. The summed E-state index contributed by atoms with van der Waals surface area (Å²) in [5, 5.41) is 7.62. The number of nitrogens with zero attached hydrogens (tertiary/aromatic N) is 1. The van der Waals surface area contributed by atoms with Gasteiger partial charge in [-0.25, -0.2) is 4.98 Å². The fraction of sp³-hybridized carbons (Fsp3) is 0.360. The monoisotopic (exact) mass is 387 g/mol. The van der Waals surface area contributed by atoms with E-state index in [9.17, 15) is 4.79 Å². The highest BCUT2D eigenvalue weighted by Crippen LogP contribution is 2.27. The van der Waals surface area contributed by atoms with E-state index in [1.54, 1.807) is 0 Å². The van der Waals surface area contributed by atoms with Crippen LogP contribution in [0.3, 0.4) is 0 Å². The first-order valence-corrected chi connectivity index (χ1v) is 10.7. The number of amides is 1. The van der Waals surface area contributed by atoms with E-state index in [1.165, 1.54) is 24.8 Å². The molecule has 29 heavy (non-hydrogen) atoms. The normalized spacial score (nSPS) is 19.1. The Morgan fingerprint density at radius 3 is 2.66 bits per heavy atom. The fourth-order valence-electron chi connectivity index (χ4n) is 4.29. The second-order valence-corrected chi connectivity index (χ2v) is 8.05. The van der Waals surface area contributed by atoms with Crippen molar-refractivity contribution < 1.29 is 4.79 Å². The molecule has 4 rings (SSSR count). The molecule has 3 aromatic rings. The minimum Gasteiger partial charge on any atom is -0.349 e. The number of benzene rings is 2. The molecule has 1 amide bonds. The van der Waals surface area contributed by atoms with Gasteiger partial charge in [0, 0.05) is 17.1 Å². The molecule has 1 aromatic heterocycles. The van der Waals surface area contributed by atoms with Crippen molar-refractivity contribution in [1.82, 2.24) is 10.3 Å². The van der Waals surface area contributed by atoms with Gasteiger partial charge in [-0.15, -0.1) is 0 Å². The van der Waals surface area contributed by atoms with Crippen molar-refractivity contribution in [3.05, 3.63) is 65.7 Å². The lowest BCUT2D eigenvalue weighted by molar-refractivity contribution is 0.0912. The first-order chi connectivity index (χ1) is 14.2. The first kappa shape index (κ1) is 19.4. The Balaban J connectivity index is 1.68. The number of nitrogens with one attached hydrogen (secondary N) is 2. The summed E-state index contributed by atoms with van der Waals surface area (Å²) in [4.78, 5) is 18.0. The lowest BCUT2D eigenvalue weighted by Crippen LogP contribution is -2.41. The van der Waals surface area contributed by atoms with E-state index in [0.29, 0.717) is 17.3 Å². The number of carbonyl (C=O) groups is 1. The summed E-state index contributed by atoms with van der Waals surface area (Å²) in [7, 11) is 0. The van der Waals surface area contributed by atoms with Crippen LogP contribution < -0.4 is 10.6 Å². The number of aromatic nitrogens is 1. The number of hydrogen-bond donors (Lipinski definition) is 2. The smallest absolute Gasteiger partial charge is 0.252 e. The largest absolute Gasteiger partial charge is 0.349 e. The van der Waals surface area contributed by atoms with Crippen molar-refractivity contribution in [3.8, 4) is 0 Å². The molecule has 2 N–H and O–H groups in total. The SMILES string of the molecule is CCc1ccccc1Nc1cc(C(=O)N[C@@H]2CCCC[C@@H]2C)c2ccccc2n1. The van der Waals surface area contributed by atoms with Crippen LogP contribution in [0.1, 0.15) is 55.5 Å². The number of carbonyl (C=O) groups excluding carboxylic acids is 1. The number of anilines is 2. The summed E-state index contributed by atoms with van der Waals surface area (Å²) < 4.78 is 0. The number of pyridine rings is 1. The molecule has 1 aliphatic rings. The number of para-hydroxylation sites is 2. The molecule has 4 heteroatoms. The maximum Gasteiger partial charge on any atom is 0.252 e. The zero-order valence-corrected chi connectivity index (χ0v) is 17.2. The molecule has 0 radical (unpaired) electrons. The van der Waals surface area contributed by atoms with E-state index in [-0.39, 0.29) is 11.9 Å². The molecule has 1 aliphatic carbocycles. The molecule has 150 valence electrons. The second-order valence-electron chi connectivity index (χ2n) is 8.05. The number of rotatable bonds is 5. The van der Waals surface area contributed by atoms with E-state index in [2.05, 4.69) is 36.6 Å². The van der Waals surface area contributed by atoms with E-state index < -0.39 is 0 Å². The van der Waals surface area contributed by atoms with Gasteiger partial charge in [0.2, 0.25) is 0 Å². The molecule has 1 heterocycles. The molecule has 0 unspecified atom stereocenters. The van der Waals surface area contributed by atoms with Gasteiger partial charge in [0.1, 0.15) is 5.82 Å². The summed E-state index contributed by atoms with van der Waals surface area (Å²) >= 11 is 0. The van der Waals surface area contributed by atoms with Crippen LogP contribution in [0.5, 0.6) is 0 Å². The van der Waals surface area contributed by atoms with Gasteiger partial charge in [0.25, 0.3) is 5.91 Å². The Morgan fingerprint density at radius 1 is 1.07 bits per heavy atom. The predicted octanol–water partition coefficient (Wildman–Crippen LogP) is 5.85. The zero-order chi connectivity index (χ0) is 20.2. The third kappa shape index (κ3) is 4.26. The highest BCUT2D eigenvalue weighted by Gasteiger charge is 2.24. The molecular formula is C25H29N3O. The van der Waals surface area contributed by atoms with Crippen LogP contribution in [0, 0.1) is 5.92 Å². The third-order valence-electron chi connectivity index (χ3n) is 6.05. The predicted molar refractivity (Wildman–Crippen MR) is 120 cm³/mol. The Hall–Kier alpha value is -2.88. The minimum absolute atomic E-state index is 0.00539. The second kappa shape index (κ2) is 8.64. The summed E-state index contributed by atoms with van der Waals surface area (Å²) in [6, 6.07) is 18.2. The van der Waals surface area contributed by atoms with Gasteiger partial charge in [0.15, 0.2) is 0 Å². The highest BCUT2D eigenvalue weighted by molar-refractivity contribution is 6.07. The number of fused-ring (bicyclic) bond motifs is 1. The van der Waals surface area contributed by atoms with Crippen LogP contribution in [-0.2, 0) is 6.42 Å². The Bertz CT molecular complexity index is 1010. The maximum absolute atomic E-state index is 13.2. The third-order valence-corrected chi connectivity index (χ3v) is 6.05. The Morgan fingerprint density at radius 2 is 1.83 bits per heavy atom. The molecule has 0 saturated heterocycles. The van der Waals surface area contributed by atoms with Crippen LogP contribution >= 0.6 is 0 Å². The molecule has 4 nitrogen and oxygen atoms in total. The van der Waals surface area contributed by atoms with Crippen LogP contribution in [0.25, 0.3) is 10.9 Å².